The highest BCUT2D eigenvalue weighted by atomic mass is 16.6. The summed E-state index contributed by atoms with van der Waals surface area (Å²) in [5.41, 5.74) is -0.467. The summed E-state index contributed by atoms with van der Waals surface area (Å²) in [6, 6.07) is 0. The molecule has 2 atom stereocenters. The van der Waals surface area contributed by atoms with Gasteiger partial charge in [0.05, 0.1) is 0 Å². The Morgan fingerprint density at radius 3 is 2.53 bits per heavy atom. The maximum atomic E-state index is 11.5. The molecule has 0 aromatic heterocycles. The van der Waals surface area contributed by atoms with Gasteiger partial charge in [-0.05, 0) is 39.5 Å². The second-order valence-corrected chi connectivity index (χ2v) is 5.70. The monoisotopic (exact) mass is 241 g/mol. The lowest BCUT2D eigenvalue weighted by Gasteiger charge is -2.19. The van der Waals surface area contributed by atoms with Crippen LogP contribution in [0.5, 0.6) is 0 Å². The zero-order chi connectivity index (χ0) is 13.1. The van der Waals surface area contributed by atoms with E-state index in [1.54, 1.807) is 0 Å². The fraction of sp³-hybridized carbons (Fsp3) is 0.846. The Bertz CT molecular complexity index is 294. The third-order valence-electron chi connectivity index (χ3n) is 2.74. The van der Waals surface area contributed by atoms with Crippen LogP contribution in [-0.4, -0.2) is 24.0 Å². The van der Waals surface area contributed by atoms with Crippen molar-refractivity contribution in [3.05, 3.63) is 0 Å². The lowest BCUT2D eigenvalue weighted by molar-refractivity contribution is -0.120. The Morgan fingerprint density at radius 2 is 2.00 bits per heavy atom. The smallest absolute Gasteiger partial charge is 0.407 e. The Labute approximate surface area is 103 Å². The lowest BCUT2D eigenvalue weighted by atomic mass is 10.1. The van der Waals surface area contributed by atoms with Crippen molar-refractivity contribution in [1.82, 2.24) is 5.32 Å². The highest BCUT2D eigenvalue weighted by Crippen LogP contribution is 2.39. The molecule has 0 aromatic carbocycles. The van der Waals surface area contributed by atoms with E-state index in [0.717, 1.165) is 12.8 Å². The lowest BCUT2D eigenvalue weighted by Crippen LogP contribution is -2.33. The number of carbonyl (C=O) groups excluding carboxylic acids is 2. The zero-order valence-electron chi connectivity index (χ0n) is 11.2. The summed E-state index contributed by atoms with van der Waals surface area (Å²) in [4.78, 5) is 22.9. The Kier molecular flexibility index (Phi) is 4.54. The van der Waals surface area contributed by atoms with E-state index in [4.69, 9.17) is 4.74 Å². The number of amides is 1. The van der Waals surface area contributed by atoms with Crippen molar-refractivity contribution in [3.63, 3.8) is 0 Å². The fourth-order valence-electron chi connectivity index (χ4n) is 1.83. The summed E-state index contributed by atoms with van der Waals surface area (Å²) in [5, 5.41) is 2.71. The molecular formula is C13H23NO3. The predicted octanol–water partition coefficient (Wildman–Crippen LogP) is 2.52. The molecule has 17 heavy (non-hydrogen) atoms. The maximum absolute atomic E-state index is 11.5. The molecule has 0 radical (unpaired) electrons. The van der Waals surface area contributed by atoms with Crippen LogP contribution in [0.25, 0.3) is 0 Å². The van der Waals surface area contributed by atoms with Gasteiger partial charge in [-0.2, -0.15) is 0 Å². The topological polar surface area (TPSA) is 55.4 Å². The normalized spacial score (nSPS) is 23.1. The quantitative estimate of drug-likeness (QED) is 0.804. The van der Waals surface area contributed by atoms with Crippen LogP contribution in [0.4, 0.5) is 4.79 Å². The summed E-state index contributed by atoms with van der Waals surface area (Å²) in [7, 11) is 0. The number of ether oxygens (including phenoxy) is 1. The highest BCUT2D eigenvalue weighted by Gasteiger charge is 2.41. The number of hydrogen-bond donors (Lipinski definition) is 1. The molecule has 0 bridgehead atoms. The largest absolute Gasteiger partial charge is 0.444 e. The van der Waals surface area contributed by atoms with E-state index < -0.39 is 11.7 Å². The molecule has 98 valence electrons. The van der Waals surface area contributed by atoms with Gasteiger partial charge < -0.3 is 10.1 Å². The third kappa shape index (κ3) is 5.20. The SMILES string of the molecule is CCCC(=O)[C@@H]1C[C@@H]1CNC(=O)OC(C)(C)C. The minimum absolute atomic E-state index is 0.171. The van der Waals surface area contributed by atoms with E-state index in [1.807, 2.05) is 27.7 Å². The third-order valence-corrected chi connectivity index (χ3v) is 2.74. The molecule has 1 fully saturated rings. The van der Waals surface area contributed by atoms with E-state index >= 15 is 0 Å². The van der Waals surface area contributed by atoms with Crippen molar-refractivity contribution < 1.29 is 14.3 Å². The van der Waals surface area contributed by atoms with E-state index in [0.29, 0.717) is 24.7 Å². The molecule has 0 heterocycles. The van der Waals surface area contributed by atoms with Gasteiger partial charge in [0.2, 0.25) is 0 Å². The number of rotatable bonds is 5. The number of ketones is 1. The number of alkyl carbamates (subject to hydrolysis) is 1. The molecule has 1 aliphatic carbocycles. The minimum atomic E-state index is -0.467. The van der Waals surface area contributed by atoms with Gasteiger partial charge >= 0.3 is 6.09 Å². The van der Waals surface area contributed by atoms with E-state index in [-0.39, 0.29) is 5.92 Å². The van der Waals surface area contributed by atoms with Crippen molar-refractivity contribution in [2.75, 3.05) is 6.54 Å². The van der Waals surface area contributed by atoms with Crippen LogP contribution in [0.1, 0.15) is 47.0 Å². The summed E-state index contributed by atoms with van der Waals surface area (Å²) in [6.45, 7) is 8.05. The summed E-state index contributed by atoms with van der Waals surface area (Å²) in [6.07, 6.45) is 2.08. The van der Waals surface area contributed by atoms with E-state index in [9.17, 15) is 9.59 Å². The average molecular weight is 241 g/mol. The second-order valence-electron chi connectivity index (χ2n) is 5.70. The van der Waals surface area contributed by atoms with Crippen LogP contribution in [-0.2, 0) is 9.53 Å². The van der Waals surface area contributed by atoms with Crippen LogP contribution in [0.15, 0.2) is 0 Å². The number of hydrogen-bond acceptors (Lipinski definition) is 3. The Morgan fingerprint density at radius 1 is 1.35 bits per heavy atom. The maximum Gasteiger partial charge on any atom is 0.407 e. The minimum Gasteiger partial charge on any atom is -0.444 e. The Hall–Kier alpha value is -1.06. The molecule has 0 aliphatic heterocycles. The van der Waals surface area contributed by atoms with Gasteiger partial charge in [0.15, 0.2) is 0 Å². The first-order valence-electron chi connectivity index (χ1n) is 6.33. The van der Waals surface area contributed by atoms with Crippen LogP contribution in [0, 0.1) is 11.8 Å². The van der Waals surface area contributed by atoms with Gasteiger partial charge in [0.1, 0.15) is 11.4 Å². The molecule has 0 spiro atoms. The van der Waals surface area contributed by atoms with Crippen LogP contribution in [0.2, 0.25) is 0 Å². The van der Waals surface area contributed by atoms with Crippen LogP contribution < -0.4 is 5.32 Å². The standard InChI is InChI=1S/C13H23NO3/c1-5-6-11(15)10-7-9(10)8-14-12(16)17-13(2,3)4/h9-10H,5-8H2,1-4H3,(H,14,16)/t9-,10-/m1/s1. The second kappa shape index (κ2) is 5.52. The van der Waals surface area contributed by atoms with Crippen molar-refractivity contribution >= 4 is 11.9 Å². The van der Waals surface area contributed by atoms with Gasteiger partial charge in [-0.3, -0.25) is 4.79 Å². The molecule has 1 N–H and O–H groups in total. The first-order valence-corrected chi connectivity index (χ1v) is 6.33. The molecule has 4 nitrogen and oxygen atoms in total. The zero-order valence-corrected chi connectivity index (χ0v) is 11.2. The predicted molar refractivity (Wildman–Crippen MR) is 65.7 cm³/mol. The molecule has 0 aromatic rings. The van der Waals surface area contributed by atoms with Crippen LogP contribution in [0.3, 0.4) is 0 Å². The van der Waals surface area contributed by atoms with Crippen molar-refractivity contribution in [2.45, 2.75) is 52.6 Å². The molecule has 4 heteroatoms. The number of nitrogens with one attached hydrogen (secondary N) is 1. The summed E-state index contributed by atoms with van der Waals surface area (Å²) in [5.74, 6) is 0.829. The average Bonchev–Trinajstić information content (AvgIpc) is 2.91. The first kappa shape index (κ1) is 14.0. The van der Waals surface area contributed by atoms with E-state index in [2.05, 4.69) is 5.32 Å². The number of Topliss-reactive ketones (excluding diaryl/α,β-unsaturated/α-hetero) is 1. The fourth-order valence-corrected chi connectivity index (χ4v) is 1.83. The van der Waals surface area contributed by atoms with Crippen LogP contribution >= 0.6 is 0 Å². The molecule has 0 saturated heterocycles. The molecule has 1 saturated carbocycles. The molecule has 1 amide bonds. The van der Waals surface area contributed by atoms with Gasteiger partial charge in [0, 0.05) is 18.9 Å². The number of carbonyl (C=O) groups is 2. The first-order chi connectivity index (χ1) is 7.83. The van der Waals surface area contributed by atoms with Gasteiger partial charge in [-0.25, -0.2) is 4.79 Å². The Balaban J connectivity index is 2.17. The highest BCUT2D eigenvalue weighted by molar-refractivity contribution is 5.83. The molecule has 1 aliphatic rings. The summed E-state index contributed by atoms with van der Waals surface area (Å²) >= 11 is 0. The van der Waals surface area contributed by atoms with Crippen molar-refractivity contribution in [3.8, 4) is 0 Å². The van der Waals surface area contributed by atoms with Crippen molar-refractivity contribution in [1.29, 1.82) is 0 Å². The summed E-state index contributed by atoms with van der Waals surface area (Å²) < 4.78 is 5.12. The molecule has 1 rings (SSSR count). The van der Waals surface area contributed by atoms with Crippen molar-refractivity contribution in [2.24, 2.45) is 11.8 Å². The van der Waals surface area contributed by atoms with Gasteiger partial charge in [-0.15, -0.1) is 0 Å². The molecular weight excluding hydrogens is 218 g/mol. The molecule has 0 unspecified atom stereocenters. The van der Waals surface area contributed by atoms with Gasteiger partial charge in [0.25, 0.3) is 0 Å². The van der Waals surface area contributed by atoms with Gasteiger partial charge in [-0.1, -0.05) is 6.92 Å². The van der Waals surface area contributed by atoms with E-state index in [1.165, 1.54) is 0 Å².